The molecule has 1 heterocycles. The summed E-state index contributed by atoms with van der Waals surface area (Å²) in [7, 11) is 0. The number of aliphatic carboxylic acids is 1. The first kappa shape index (κ1) is 13.5. The smallest absolute Gasteiger partial charge is 0.330 e. The minimum Gasteiger partial charge on any atom is -0.479 e. The van der Waals surface area contributed by atoms with Crippen molar-refractivity contribution in [1.29, 1.82) is 0 Å². The number of rotatable bonds is 4. The van der Waals surface area contributed by atoms with Gasteiger partial charge >= 0.3 is 5.97 Å². The quantitative estimate of drug-likeness (QED) is 0.754. The number of benzene rings is 1. The van der Waals surface area contributed by atoms with E-state index < -0.39 is 17.4 Å². The van der Waals surface area contributed by atoms with E-state index in [0.29, 0.717) is 12.1 Å². The van der Waals surface area contributed by atoms with Crippen molar-refractivity contribution >= 4 is 11.9 Å². The highest BCUT2D eigenvalue weighted by atomic mass is 16.4. The Morgan fingerprint density at radius 1 is 1.37 bits per heavy atom. The maximum absolute atomic E-state index is 12.2. The monoisotopic (exact) mass is 262 g/mol. The first-order valence-electron chi connectivity index (χ1n) is 6.32. The van der Waals surface area contributed by atoms with Crippen LogP contribution in [-0.4, -0.2) is 30.1 Å². The van der Waals surface area contributed by atoms with Gasteiger partial charge in [0, 0.05) is 6.54 Å². The van der Waals surface area contributed by atoms with Gasteiger partial charge in [0.2, 0.25) is 5.91 Å². The Kier molecular flexibility index (Phi) is 3.85. The molecule has 2 unspecified atom stereocenters. The molecule has 0 saturated carbocycles. The number of nitrogens with one attached hydrogen (secondary N) is 2. The Morgan fingerprint density at radius 3 is 2.58 bits per heavy atom. The van der Waals surface area contributed by atoms with Gasteiger partial charge < -0.3 is 15.7 Å². The summed E-state index contributed by atoms with van der Waals surface area (Å²) in [6.07, 6.45) is 0.722. The van der Waals surface area contributed by atoms with E-state index in [1.807, 2.05) is 13.0 Å². The summed E-state index contributed by atoms with van der Waals surface area (Å²) in [5, 5.41) is 15.0. The molecule has 0 radical (unpaired) electrons. The fourth-order valence-electron chi connectivity index (χ4n) is 2.25. The maximum atomic E-state index is 12.2. The van der Waals surface area contributed by atoms with Crippen LogP contribution in [0.25, 0.3) is 0 Å². The van der Waals surface area contributed by atoms with Gasteiger partial charge in [0.1, 0.15) is 0 Å². The van der Waals surface area contributed by atoms with E-state index in [1.54, 1.807) is 24.3 Å². The van der Waals surface area contributed by atoms with Crippen LogP contribution in [0.4, 0.5) is 0 Å². The Balaban J connectivity index is 2.14. The summed E-state index contributed by atoms with van der Waals surface area (Å²) in [5.41, 5.74) is 0.0561. The Labute approximate surface area is 112 Å². The van der Waals surface area contributed by atoms with Gasteiger partial charge in [-0.05, 0) is 25.5 Å². The first-order chi connectivity index (χ1) is 9.03. The lowest BCUT2D eigenvalue weighted by Crippen LogP contribution is -2.44. The van der Waals surface area contributed by atoms with E-state index in [4.69, 9.17) is 0 Å². The lowest BCUT2D eigenvalue weighted by molar-refractivity contribution is -0.143. The molecule has 19 heavy (non-hydrogen) atoms. The van der Waals surface area contributed by atoms with Gasteiger partial charge in [-0.15, -0.1) is 0 Å². The molecule has 1 aliphatic heterocycles. The Hall–Kier alpha value is -1.88. The van der Waals surface area contributed by atoms with Crippen LogP contribution in [0.2, 0.25) is 0 Å². The van der Waals surface area contributed by atoms with Gasteiger partial charge in [0.15, 0.2) is 6.04 Å². The molecule has 0 spiro atoms. The highest BCUT2D eigenvalue weighted by Gasteiger charge is 2.38. The maximum Gasteiger partial charge on any atom is 0.330 e. The molecule has 0 bridgehead atoms. The molecule has 0 aromatic heterocycles. The molecule has 5 nitrogen and oxygen atoms in total. The highest BCUT2D eigenvalue weighted by molar-refractivity contribution is 5.88. The van der Waals surface area contributed by atoms with Gasteiger partial charge in [-0.1, -0.05) is 30.3 Å². The predicted molar refractivity (Wildman–Crippen MR) is 70.6 cm³/mol. The van der Waals surface area contributed by atoms with Crippen LogP contribution < -0.4 is 10.6 Å². The lowest BCUT2D eigenvalue weighted by Gasteiger charge is -2.24. The van der Waals surface area contributed by atoms with Crippen molar-refractivity contribution in [3.8, 4) is 0 Å². The van der Waals surface area contributed by atoms with Crippen molar-refractivity contribution < 1.29 is 14.7 Å². The zero-order valence-corrected chi connectivity index (χ0v) is 10.8. The number of carboxylic acid groups (broad SMARTS) is 1. The molecule has 1 amide bonds. The topological polar surface area (TPSA) is 78.4 Å². The van der Waals surface area contributed by atoms with Crippen LogP contribution >= 0.6 is 0 Å². The lowest BCUT2D eigenvalue weighted by atomic mass is 9.88. The van der Waals surface area contributed by atoms with Gasteiger partial charge in [-0.2, -0.15) is 0 Å². The molecular formula is C14H18N2O3. The van der Waals surface area contributed by atoms with E-state index in [9.17, 15) is 14.7 Å². The summed E-state index contributed by atoms with van der Waals surface area (Å²) in [4.78, 5) is 23.6. The average molecular weight is 262 g/mol. The number of carbonyl (C=O) groups is 2. The molecule has 1 fully saturated rings. The normalized spacial score (nSPS) is 23.8. The highest BCUT2D eigenvalue weighted by Crippen LogP contribution is 2.26. The van der Waals surface area contributed by atoms with Crippen molar-refractivity contribution in [2.24, 2.45) is 5.41 Å². The molecule has 1 saturated heterocycles. The summed E-state index contributed by atoms with van der Waals surface area (Å²) in [5.74, 6) is -1.26. The SMILES string of the molecule is CC1(C(=O)NC(C(=O)O)c2ccccc2)CCNC1. The number of carboxylic acids is 1. The molecule has 5 heteroatoms. The zero-order valence-electron chi connectivity index (χ0n) is 10.8. The van der Waals surface area contributed by atoms with E-state index in [1.165, 1.54) is 0 Å². The number of hydrogen-bond donors (Lipinski definition) is 3. The fraction of sp³-hybridized carbons (Fsp3) is 0.429. The van der Waals surface area contributed by atoms with Crippen LogP contribution in [0.15, 0.2) is 30.3 Å². The second kappa shape index (κ2) is 5.40. The molecule has 0 aliphatic carbocycles. The van der Waals surface area contributed by atoms with Gasteiger partial charge in [0.05, 0.1) is 5.41 Å². The minimum absolute atomic E-state index is 0.214. The van der Waals surface area contributed by atoms with Crippen molar-refractivity contribution in [3.05, 3.63) is 35.9 Å². The van der Waals surface area contributed by atoms with Crippen molar-refractivity contribution in [3.63, 3.8) is 0 Å². The molecule has 1 aromatic rings. The van der Waals surface area contributed by atoms with Crippen molar-refractivity contribution in [2.75, 3.05) is 13.1 Å². The van der Waals surface area contributed by atoms with E-state index >= 15 is 0 Å². The van der Waals surface area contributed by atoms with E-state index in [2.05, 4.69) is 10.6 Å². The number of hydrogen-bond acceptors (Lipinski definition) is 3. The summed E-state index contributed by atoms with van der Waals surface area (Å²) >= 11 is 0. The van der Waals surface area contributed by atoms with Crippen molar-refractivity contribution in [2.45, 2.75) is 19.4 Å². The second-order valence-electron chi connectivity index (χ2n) is 5.14. The number of carbonyl (C=O) groups excluding carboxylic acids is 1. The second-order valence-corrected chi connectivity index (χ2v) is 5.14. The standard InChI is InChI=1S/C14H18N2O3/c1-14(7-8-15-9-14)13(19)16-11(12(17)18)10-5-3-2-4-6-10/h2-6,11,15H,7-9H2,1H3,(H,16,19)(H,17,18). The van der Waals surface area contributed by atoms with Crippen LogP contribution in [0.1, 0.15) is 24.9 Å². The van der Waals surface area contributed by atoms with Crippen LogP contribution in [-0.2, 0) is 9.59 Å². The molecular weight excluding hydrogens is 244 g/mol. The molecule has 2 rings (SSSR count). The molecule has 2 atom stereocenters. The molecule has 3 N–H and O–H groups in total. The summed E-state index contributed by atoms with van der Waals surface area (Å²) in [6, 6.07) is 7.74. The van der Waals surface area contributed by atoms with Crippen LogP contribution in [0, 0.1) is 5.41 Å². The molecule has 1 aliphatic rings. The summed E-state index contributed by atoms with van der Waals surface area (Å²) in [6.45, 7) is 3.22. The van der Waals surface area contributed by atoms with E-state index in [-0.39, 0.29) is 5.91 Å². The minimum atomic E-state index is -1.05. The summed E-state index contributed by atoms with van der Waals surface area (Å²) < 4.78 is 0. The molecule has 102 valence electrons. The Bertz CT molecular complexity index is 467. The zero-order chi connectivity index (χ0) is 13.9. The van der Waals surface area contributed by atoms with E-state index in [0.717, 1.165) is 13.0 Å². The van der Waals surface area contributed by atoms with Crippen LogP contribution in [0.5, 0.6) is 0 Å². The van der Waals surface area contributed by atoms with Gasteiger partial charge in [0.25, 0.3) is 0 Å². The van der Waals surface area contributed by atoms with Gasteiger partial charge in [-0.25, -0.2) is 4.79 Å². The fourth-order valence-corrected chi connectivity index (χ4v) is 2.25. The Morgan fingerprint density at radius 2 is 2.05 bits per heavy atom. The van der Waals surface area contributed by atoms with Gasteiger partial charge in [-0.3, -0.25) is 4.79 Å². The van der Waals surface area contributed by atoms with Crippen LogP contribution in [0.3, 0.4) is 0 Å². The first-order valence-corrected chi connectivity index (χ1v) is 6.32. The van der Waals surface area contributed by atoms with Crippen molar-refractivity contribution in [1.82, 2.24) is 10.6 Å². The largest absolute Gasteiger partial charge is 0.479 e. The third kappa shape index (κ3) is 2.93. The molecule has 1 aromatic carbocycles. The predicted octanol–water partition coefficient (Wildman–Crippen LogP) is 0.928. The average Bonchev–Trinajstić information content (AvgIpc) is 2.84. The third-order valence-electron chi connectivity index (χ3n) is 3.57. The number of amides is 1. The third-order valence-corrected chi connectivity index (χ3v) is 3.57.